The third-order valence-corrected chi connectivity index (χ3v) is 6.70. The predicted octanol–water partition coefficient (Wildman–Crippen LogP) is 6.29. The Labute approximate surface area is 237 Å². The highest BCUT2D eigenvalue weighted by Gasteiger charge is 2.44. The summed E-state index contributed by atoms with van der Waals surface area (Å²) in [6, 6.07) is 9.51. The zero-order valence-corrected chi connectivity index (χ0v) is 23.8. The minimum atomic E-state index is -5.15. The molecule has 222 valence electrons. The van der Waals surface area contributed by atoms with Crippen molar-refractivity contribution in [3.63, 3.8) is 0 Å². The Hall–Kier alpha value is -3.76. The summed E-state index contributed by atoms with van der Waals surface area (Å²) in [4.78, 5) is 40.1. The molecule has 2 aliphatic rings. The van der Waals surface area contributed by atoms with Gasteiger partial charge in [0.1, 0.15) is 11.4 Å². The van der Waals surface area contributed by atoms with Crippen molar-refractivity contribution in [2.24, 2.45) is 0 Å². The van der Waals surface area contributed by atoms with Crippen molar-refractivity contribution < 1.29 is 41.8 Å². The SMILES string of the molecule is CC(C)OC(=O)CC1COc2cc(N(Cc3cccc4c3N(C(=O)OC(C)(C)C)CCC4)C(=O)C(F)(F)F)ccc21. The molecule has 0 bridgehead atoms. The van der Waals surface area contributed by atoms with Crippen LogP contribution in [0.5, 0.6) is 5.75 Å². The van der Waals surface area contributed by atoms with E-state index in [1.807, 2.05) is 6.07 Å². The van der Waals surface area contributed by atoms with Gasteiger partial charge < -0.3 is 14.2 Å². The molecule has 0 radical (unpaired) electrons. The summed E-state index contributed by atoms with van der Waals surface area (Å²) >= 11 is 0. The number of carbonyl (C=O) groups is 3. The van der Waals surface area contributed by atoms with Gasteiger partial charge in [-0.25, -0.2) is 4.79 Å². The maximum Gasteiger partial charge on any atom is 0.471 e. The molecule has 4 rings (SSSR count). The molecular weight excluding hydrogens is 541 g/mol. The van der Waals surface area contributed by atoms with Crippen LogP contribution in [0.25, 0.3) is 0 Å². The van der Waals surface area contributed by atoms with Gasteiger partial charge in [-0.2, -0.15) is 13.2 Å². The van der Waals surface area contributed by atoms with Crippen LogP contribution < -0.4 is 14.5 Å². The number of carbonyl (C=O) groups excluding carboxylic acids is 3. The number of halogens is 3. The highest BCUT2D eigenvalue weighted by Crippen LogP contribution is 2.41. The molecule has 11 heteroatoms. The average Bonchev–Trinajstić information content (AvgIpc) is 3.26. The smallest absolute Gasteiger partial charge is 0.471 e. The largest absolute Gasteiger partial charge is 0.493 e. The summed E-state index contributed by atoms with van der Waals surface area (Å²) < 4.78 is 58.0. The number of para-hydroxylation sites is 1. The van der Waals surface area contributed by atoms with Gasteiger partial charge in [-0.15, -0.1) is 0 Å². The predicted molar refractivity (Wildman–Crippen MR) is 146 cm³/mol. The van der Waals surface area contributed by atoms with Crippen molar-refractivity contribution in [2.45, 2.75) is 84.2 Å². The maximum atomic E-state index is 13.8. The zero-order chi connectivity index (χ0) is 30.1. The monoisotopic (exact) mass is 576 g/mol. The van der Waals surface area contributed by atoms with Gasteiger partial charge >= 0.3 is 24.1 Å². The van der Waals surface area contributed by atoms with Crippen LogP contribution in [-0.2, 0) is 32.0 Å². The van der Waals surface area contributed by atoms with Crippen molar-refractivity contribution in [3.8, 4) is 5.75 Å². The summed E-state index contributed by atoms with van der Waals surface area (Å²) in [5, 5.41) is 0. The average molecular weight is 577 g/mol. The molecule has 8 nitrogen and oxygen atoms in total. The summed E-state index contributed by atoms with van der Waals surface area (Å²) in [5.41, 5.74) is 1.48. The van der Waals surface area contributed by atoms with Gasteiger partial charge in [-0.1, -0.05) is 24.3 Å². The van der Waals surface area contributed by atoms with E-state index < -0.39 is 36.3 Å². The van der Waals surface area contributed by atoms with Gasteiger partial charge in [0.05, 0.1) is 31.4 Å². The van der Waals surface area contributed by atoms with E-state index in [1.54, 1.807) is 52.8 Å². The van der Waals surface area contributed by atoms with Crippen LogP contribution in [0.3, 0.4) is 0 Å². The van der Waals surface area contributed by atoms with Crippen LogP contribution in [0.4, 0.5) is 29.3 Å². The number of ether oxygens (including phenoxy) is 3. The Kier molecular flexibility index (Phi) is 8.56. The van der Waals surface area contributed by atoms with Gasteiger partial charge in [0, 0.05) is 29.8 Å². The van der Waals surface area contributed by atoms with E-state index in [0.29, 0.717) is 46.9 Å². The first kappa shape index (κ1) is 30.2. The minimum Gasteiger partial charge on any atom is -0.493 e. The fourth-order valence-corrected chi connectivity index (χ4v) is 5.08. The van der Waals surface area contributed by atoms with E-state index >= 15 is 0 Å². The molecule has 2 amide bonds. The van der Waals surface area contributed by atoms with Gasteiger partial charge in [-0.3, -0.25) is 19.4 Å². The van der Waals surface area contributed by atoms with Crippen molar-refractivity contribution in [3.05, 3.63) is 53.1 Å². The first-order valence-corrected chi connectivity index (χ1v) is 13.6. The first-order chi connectivity index (χ1) is 19.1. The molecule has 2 aromatic carbocycles. The molecule has 0 aromatic heterocycles. The molecule has 2 aromatic rings. The number of anilines is 2. The lowest BCUT2D eigenvalue weighted by Crippen LogP contribution is -2.43. The fourth-order valence-electron chi connectivity index (χ4n) is 5.08. The first-order valence-electron chi connectivity index (χ1n) is 13.6. The Morgan fingerprint density at radius 1 is 1.12 bits per heavy atom. The van der Waals surface area contributed by atoms with Crippen LogP contribution in [0.1, 0.15) is 70.1 Å². The third kappa shape index (κ3) is 7.12. The topological polar surface area (TPSA) is 85.4 Å². The lowest BCUT2D eigenvalue weighted by Gasteiger charge is -2.34. The van der Waals surface area contributed by atoms with Gasteiger partial charge in [0.2, 0.25) is 0 Å². The Morgan fingerprint density at radius 2 is 1.85 bits per heavy atom. The molecule has 0 saturated heterocycles. The normalized spacial score (nSPS) is 16.5. The Morgan fingerprint density at radius 3 is 2.51 bits per heavy atom. The van der Waals surface area contributed by atoms with Crippen LogP contribution in [0.2, 0.25) is 0 Å². The van der Waals surface area contributed by atoms with Crippen molar-refractivity contribution in [1.82, 2.24) is 0 Å². The van der Waals surface area contributed by atoms with Crippen molar-refractivity contribution in [2.75, 3.05) is 23.0 Å². The van der Waals surface area contributed by atoms with Gasteiger partial charge in [0.25, 0.3) is 0 Å². The van der Waals surface area contributed by atoms with Gasteiger partial charge in [0.15, 0.2) is 0 Å². The van der Waals surface area contributed by atoms with E-state index in [4.69, 9.17) is 14.2 Å². The molecule has 1 atom stereocenters. The summed E-state index contributed by atoms with van der Waals surface area (Å²) in [6.45, 7) is 8.75. The second-order valence-corrected chi connectivity index (χ2v) is 11.5. The molecule has 0 aliphatic carbocycles. The molecule has 0 saturated carbocycles. The number of esters is 1. The molecule has 0 fully saturated rings. The number of fused-ring (bicyclic) bond motifs is 2. The fraction of sp³-hybridized carbons (Fsp3) is 0.500. The number of nitrogens with zero attached hydrogens (tertiary/aromatic N) is 2. The maximum absolute atomic E-state index is 13.8. The molecule has 0 spiro atoms. The molecule has 2 aliphatic heterocycles. The number of alkyl halides is 3. The lowest BCUT2D eigenvalue weighted by molar-refractivity contribution is -0.170. The lowest BCUT2D eigenvalue weighted by atomic mass is 9.96. The van der Waals surface area contributed by atoms with Crippen molar-refractivity contribution >= 4 is 29.3 Å². The highest BCUT2D eigenvalue weighted by molar-refractivity contribution is 5.98. The summed E-state index contributed by atoms with van der Waals surface area (Å²) in [7, 11) is 0. The molecule has 2 heterocycles. The molecule has 41 heavy (non-hydrogen) atoms. The standard InChI is InChI=1S/C30H35F3N2O6/c1-18(2)40-25(36)14-21-17-39-24-15-22(11-12-23(21)24)35(27(37)30(31,32)33)16-20-9-6-8-19-10-7-13-34(26(19)20)28(38)41-29(3,4)5/h6,8-9,11-12,15,18,21H,7,10,13-14,16-17H2,1-5H3. The molecule has 1 unspecified atom stereocenters. The molecule has 0 N–H and O–H groups in total. The summed E-state index contributed by atoms with van der Waals surface area (Å²) in [6.07, 6.45) is -4.68. The van der Waals surface area contributed by atoms with Crippen LogP contribution in [-0.4, -0.2) is 49.0 Å². The third-order valence-electron chi connectivity index (χ3n) is 6.70. The minimum absolute atomic E-state index is 0.0197. The summed E-state index contributed by atoms with van der Waals surface area (Å²) in [5.74, 6) is -2.47. The number of aryl methyl sites for hydroxylation is 1. The zero-order valence-electron chi connectivity index (χ0n) is 23.8. The van der Waals surface area contributed by atoms with Crippen molar-refractivity contribution in [1.29, 1.82) is 0 Å². The quantitative estimate of drug-likeness (QED) is 0.376. The van der Waals surface area contributed by atoms with Crippen LogP contribution in [0, 0.1) is 0 Å². The van der Waals surface area contributed by atoms with Gasteiger partial charge in [-0.05, 0) is 64.7 Å². The van der Waals surface area contributed by atoms with E-state index in [9.17, 15) is 27.6 Å². The van der Waals surface area contributed by atoms with E-state index in [-0.39, 0.29) is 30.7 Å². The second kappa shape index (κ2) is 11.6. The van der Waals surface area contributed by atoms with E-state index in [1.165, 1.54) is 17.0 Å². The number of amides is 2. The van der Waals surface area contributed by atoms with Crippen LogP contribution >= 0.6 is 0 Å². The van der Waals surface area contributed by atoms with E-state index in [0.717, 1.165) is 5.56 Å². The number of hydrogen-bond acceptors (Lipinski definition) is 6. The second-order valence-electron chi connectivity index (χ2n) is 11.5. The van der Waals surface area contributed by atoms with Crippen LogP contribution in [0.15, 0.2) is 36.4 Å². The molecular formula is C30H35F3N2O6. The number of benzene rings is 2. The Balaban J connectivity index is 1.68. The Bertz CT molecular complexity index is 1320. The highest BCUT2D eigenvalue weighted by atomic mass is 19.4. The number of rotatable bonds is 6. The van der Waals surface area contributed by atoms with E-state index in [2.05, 4.69) is 0 Å². The number of hydrogen-bond donors (Lipinski definition) is 0.